The Morgan fingerprint density at radius 2 is 1.41 bits per heavy atom. The van der Waals surface area contributed by atoms with Crippen LogP contribution in [0.5, 0.6) is 0 Å². The van der Waals surface area contributed by atoms with E-state index < -0.39 is 12.2 Å². The quantitative estimate of drug-likeness (QED) is 0.503. The molecule has 0 aliphatic heterocycles. The average molecular weight is 415 g/mol. The highest BCUT2D eigenvalue weighted by Crippen LogP contribution is 2.30. The lowest BCUT2D eigenvalue weighted by molar-refractivity contribution is 0.0946. The smallest absolute Gasteiger partial charge is 0.439 e. The van der Waals surface area contributed by atoms with Crippen LogP contribution >= 0.6 is 11.9 Å². The summed E-state index contributed by atoms with van der Waals surface area (Å²) in [6, 6.07) is 18.8. The molecule has 1 aliphatic carbocycles. The first-order valence-electron chi connectivity index (χ1n) is 9.85. The van der Waals surface area contributed by atoms with E-state index in [1.54, 1.807) is 0 Å². The Balaban J connectivity index is 1.55. The zero-order chi connectivity index (χ0) is 20.3. The van der Waals surface area contributed by atoms with Crippen molar-refractivity contribution in [2.45, 2.75) is 50.6 Å². The third-order valence-corrected chi connectivity index (χ3v) is 5.80. The molecule has 2 aromatic carbocycles. The Morgan fingerprint density at radius 1 is 0.862 bits per heavy atom. The summed E-state index contributed by atoms with van der Waals surface area (Å²) >= 11 is 1.31. The first-order valence-corrected chi connectivity index (χ1v) is 10.7. The van der Waals surface area contributed by atoms with Crippen LogP contribution in [0.2, 0.25) is 0 Å². The zero-order valence-electron chi connectivity index (χ0n) is 16.3. The number of benzene rings is 2. The van der Waals surface area contributed by atoms with Crippen LogP contribution in [0.15, 0.2) is 60.7 Å². The molecule has 0 saturated heterocycles. The van der Waals surface area contributed by atoms with Crippen molar-refractivity contribution in [3.8, 4) is 0 Å². The van der Waals surface area contributed by atoms with Crippen molar-refractivity contribution in [3.63, 3.8) is 0 Å². The Hall–Kier alpha value is -2.67. The Morgan fingerprint density at radius 3 is 2.00 bits per heavy atom. The van der Waals surface area contributed by atoms with Crippen molar-refractivity contribution in [1.29, 1.82) is 0 Å². The molecule has 0 heterocycles. The maximum Gasteiger partial charge on any atom is 0.439 e. The fourth-order valence-electron chi connectivity index (χ4n) is 3.05. The Bertz CT molecular complexity index is 767. The minimum absolute atomic E-state index is 0.133. The van der Waals surface area contributed by atoms with E-state index in [-0.39, 0.29) is 18.5 Å². The van der Waals surface area contributed by atoms with Gasteiger partial charge < -0.3 is 9.47 Å². The number of ether oxygens (including phenoxy) is 2. The fourth-order valence-corrected chi connectivity index (χ4v) is 4.16. The SMILES string of the molecule is O=C(NN(SC1CCCCC1)C(=O)OCc1ccccc1)OCc1ccccc1. The van der Waals surface area contributed by atoms with Crippen molar-refractivity contribution in [2.75, 3.05) is 0 Å². The molecule has 0 unspecified atom stereocenters. The summed E-state index contributed by atoms with van der Waals surface area (Å²) in [4.78, 5) is 24.9. The van der Waals surface area contributed by atoms with E-state index in [0.717, 1.165) is 36.8 Å². The van der Waals surface area contributed by atoms with Gasteiger partial charge >= 0.3 is 12.2 Å². The molecule has 154 valence electrons. The lowest BCUT2D eigenvalue weighted by Crippen LogP contribution is -2.43. The molecule has 0 spiro atoms. The predicted molar refractivity (Wildman–Crippen MR) is 113 cm³/mol. The monoisotopic (exact) mass is 414 g/mol. The molecular weight excluding hydrogens is 388 g/mol. The first kappa shape index (κ1) is 21.0. The van der Waals surface area contributed by atoms with Crippen LogP contribution in [0.3, 0.4) is 0 Å². The van der Waals surface area contributed by atoms with Gasteiger partial charge in [0.25, 0.3) is 0 Å². The summed E-state index contributed by atoms with van der Waals surface area (Å²) in [7, 11) is 0. The maximum atomic E-state index is 12.6. The Labute approximate surface area is 175 Å². The minimum atomic E-state index is -0.686. The molecule has 1 fully saturated rings. The van der Waals surface area contributed by atoms with Crippen molar-refractivity contribution in [3.05, 3.63) is 71.8 Å². The van der Waals surface area contributed by atoms with Gasteiger partial charge in [0.2, 0.25) is 0 Å². The second-order valence-electron chi connectivity index (χ2n) is 6.87. The van der Waals surface area contributed by atoms with E-state index >= 15 is 0 Å². The van der Waals surface area contributed by atoms with Crippen LogP contribution < -0.4 is 5.43 Å². The highest BCUT2D eigenvalue weighted by molar-refractivity contribution is 7.98. The number of hydrogen-bond acceptors (Lipinski definition) is 5. The maximum absolute atomic E-state index is 12.6. The van der Waals surface area contributed by atoms with Crippen molar-refractivity contribution < 1.29 is 19.1 Å². The van der Waals surface area contributed by atoms with E-state index in [9.17, 15) is 9.59 Å². The number of nitrogens with one attached hydrogen (secondary N) is 1. The van der Waals surface area contributed by atoms with Crippen molar-refractivity contribution in [2.24, 2.45) is 0 Å². The number of amides is 2. The minimum Gasteiger partial charge on any atom is -0.443 e. The molecule has 29 heavy (non-hydrogen) atoms. The number of hydrazine groups is 1. The number of carbonyl (C=O) groups is 2. The normalized spacial score (nSPS) is 14.1. The summed E-state index contributed by atoms with van der Waals surface area (Å²) in [6.45, 7) is 0.274. The third-order valence-electron chi connectivity index (χ3n) is 4.58. The number of carbonyl (C=O) groups excluding carboxylic acids is 2. The molecule has 7 heteroatoms. The lowest BCUT2D eigenvalue weighted by atomic mass is 10.0. The van der Waals surface area contributed by atoms with Crippen LogP contribution in [0.4, 0.5) is 9.59 Å². The molecule has 6 nitrogen and oxygen atoms in total. The van der Waals surface area contributed by atoms with Gasteiger partial charge in [0.1, 0.15) is 13.2 Å². The van der Waals surface area contributed by atoms with Crippen LogP contribution in [0.1, 0.15) is 43.2 Å². The highest BCUT2D eigenvalue weighted by Gasteiger charge is 2.25. The first-order chi connectivity index (χ1) is 14.2. The van der Waals surface area contributed by atoms with Crippen molar-refractivity contribution >= 4 is 24.1 Å². The molecule has 2 aromatic rings. The highest BCUT2D eigenvalue weighted by atomic mass is 32.2. The molecule has 1 saturated carbocycles. The van der Waals surface area contributed by atoms with Crippen LogP contribution in [0.25, 0.3) is 0 Å². The second-order valence-corrected chi connectivity index (χ2v) is 8.12. The number of nitrogens with zero attached hydrogens (tertiary/aromatic N) is 1. The van der Waals surface area contributed by atoms with E-state index in [2.05, 4.69) is 5.43 Å². The van der Waals surface area contributed by atoms with E-state index in [1.165, 1.54) is 22.8 Å². The molecule has 0 aromatic heterocycles. The molecule has 3 rings (SSSR count). The van der Waals surface area contributed by atoms with E-state index in [1.807, 2.05) is 60.7 Å². The van der Waals surface area contributed by atoms with Crippen LogP contribution in [0, 0.1) is 0 Å². The standard InChI is InChI=1S/C22H26N2O4S/c25-21(27-16-18-10-4-1-5-11-18)23-24(29-20-14-8-3-9-15-20)22(26)28-17-19-12-6-2-7-13-19/h1-2,4-7,10-13,20H,3,8-9,14-17H2,(H,23,25). The van der Waals surface area contributed by atoms with Gasteiger partial charge in [-0.1, -0.05) is 79.9 Å². The van der Waals surface area contributed by atoms with Gasteiger partial charge in [-0.05, 0) is 35.9 Å². The van der Waals surface area contributed by atoms with E-state index in [0.29, 0.717) is 0 Å². The largest absolute Gasteiger partial charge is 0.443 e. The van der Waals surface area contributed by atoms with Gasteiger partial charge in [0, 0.05) is 5.25 Å². The summed E-state index contributed by atoms with van der Waals surface area (Å²) in [5.74, 6) is 0. The van der Waals surface area contributed by atoms with Gasteiger partial charge in [-0.15, -0.1) is 0 Å². The average Bonchev–Trinajstić information content (AvgIpc) is 2.78. The zero-order valence-corrected chi connectivity index (χ0v) is 17.1. The summed E-state index contributed by atoms with van der Waals surface area (Å²) in [6.07, 6.45) is 4.19. The fraction of sp³-hybridized carbons (Fsp3) is 0.364. The molecule has 1 N–H and O–H groups in total. The summed E-state index contributed by atoms with van der Waals surface area (Å²) < 4.78 is 11.8. The second kappa shape index (κ2) is 11.4. The van der Waals surface area contributed by atoms with Gasteiger partial charge in [-0.3, -0.25) is 0 Å². The van der Waals surface area contributed by atoms with Gasteiger partial charge in [0.15, 0.2) is 0 Å². The summed E-state index contributed by atoms with van der Waals surface area (Å²) in [5, 5.41) is 0.266. The van der Waals surface area contributed by atoms with E-state index in [4.69, 9.17) is 9.47 Å². The number of rotatable bonds is 6. The van der Waals surface area contributed by atoms with Crippen molar-refractivity contribution in [1.82, 2.24) is 9.84 Å². The van der Waals surface area contributed by atoms with Gasteiger partial charge in [0.05, 0.1) is 0 Å². The van der Waals surface area contributed by atoms with Crippen LogP contribution in [-0.2, 0) is 22.7 Å². The summed E-state index contributed by atoms with van der Waals surface area (Å²) in [5.41, 5.74) is 4.29. The third kappa shape index (κ3) is 7.34. The molecule has 0 bridgehead atoms. The molecular formula is C22H26N2O4S. The van der Waals surface area contributed by atoms with Gasteiger partial charge in [-0.25, -0.2) is 15.0 Å². The number of hydrogen-bond donors (Lipinski definition) is 1. The van der Waals surface area contributed by atoms with Crippen LogP contribution in [-0.4, -0.2) is 21.9 Å². The van der Waals surface area contributed by atoms with Gasteiger partial charge in [-0.2, -0.15) is 4.41 Å². The lowest BCUT2D eigenvalue weighted by Gasteiger charge is -2.27. The topological polar surface area (TPSA) is 67.9 Å². The predicted octanol–water partition coefficient (Wildman–Crippen LogP) is 5.45. The Kier molecular flexibility index (Phi) is 8.25. The molecule has 2 amide bonds. The molecule has 1 aliphatic rings. The molecule has 0 atom stereocenters. The molecule has 0 radical (unpaired) electrons.